The molecular weight excluding hydrogens is 673 g/mol. The molecule has 2 fully saturated rings. The number of nitrogens with zero attached hydrogens (tertiary/aromatic N) is 6. The fourth-order valence-electron chi connectivity index (χ4n) is 7.30. The summed E-state index contributed by atoms with van der Waals surface area (Å²) < 4.78 is 20.4. The van der Waals surface area contributed by atoms with E-state index in [1.54, 1.807) is 48.7 Å². The molecule has 3 N–H and O–H groups in total. The number of tetrazole rings is 1. The molecule has 0 bridgehead atoms. The summed E-state index contributed by atoms with van der Waals surface area (Å²) in [6.07, 6.45) is 8.84. The predicted octanol–water partition coefficient (Wildman–Crippen LogP) is 6.41. The molecule has 7 rings (SSSR count). The lowest BCUT2D eigenvalue weighted by Gasteiger charge is -2.46. The van der Waals surface area contributed by atoms with Gasteiger partial charge in [0.2, 0.25) is 5.91 Å². The molecule has 2 saturated heterocycles. The first-order valence-electron chi connectivity index (χ1n) is 16.8. The first-order valence-corrected chi connectivity index (χ1v) is 17.2. The summed E-state index contributed by atoms with van der Waals surface area (Å²) in [5, 5.41) is 18.2. The van der Waals surface area contributed by atoms with Crippen LogP contribution in [0.25, 0.3) is 23.0 Å². The van der Waals surface area contributed by atoms with Crippen LogP contribution in [0.2, 0.25) is 5.02 Å². The number of aromatic nitrogens is 6. The number of anilines is 1. The molecule has 2 aliphatic rings. The van der Waals surface area contributed by atoms with Crippen LogP contribution in [-0.4, -0.2) is 73.8 Å². The minimum Gasteiger partial charge on any atom is -0.453 e. The lowest BCUT2D eigenvalue weighted by Crippen LogP contribution is -2.48. The van der Waals surface area contributed by atoms with Crippen molar-refractivity contribution in [2.45, 2.75) is 31.2 Å². The van der Waals surface area contributed by atoms with Gasteiger partial charge in [-0.3, -0.25) is 10.1 Å². The van der Waals surface area contributed by atoms with Crippen LogP contribution in [-0.2, 0) is 9.53 Å². The number of rotatable bonds is 8. The Bertz CT molecular complexity index is 1990. The summed E-state index contributed by atoms with van der Waals surface area (Å²) in [5.74, 6) is 0.608. The maximum absolute atomic E-state index is 14.5. The van der Waals surface area contributed by atoms with Crippen molar-refractivity contribution in [3.05, 3.63) is 113 Å². The van der Waals surface area contributed by atoms with Crippen LogP contribution in [0.4, 0.5) is 14.9 Å². The number of benzene rings is 3. The van der Waals surface area contributed by atoms with Crippen molar-refractivity contribution in [1.29, 1.82) is 0 Å². The number of nitrogens with one attached hydrogen (secondary N) is 3. The zero-order chi connectivity index (χ0) is 35.3. The standard InChI is InChI=1S/C37H37ClFN9O3/c1-51-37(50)43-30-10-4-25(5-11-30)32-20-41-36(44-32)35-31(24-2-8-29(39)9-3-24)19-27(23-14-16-40-17-15-23)21-47(35)34(49)13-6-26-18-28(38)7-12-33(26)48-22-42-45-46-48/h2-13,18,20,22-23,27,31,35,40H,14-17,19,21H2,1H3,(H,41,44)(H,43,50)/b13-6+. The van der Waals surface area contributed by atoms with Gasteiger partial charge in [-0.2, -0.15) is 4.68 Å². The lowest BCUT2D eigenvalue weighted by molar-refractivity contribution is -0.132. The van der Waals surface area contributed by atoms with E-state index in [4.69, 9.17) is 21.3 Å². The van der Waals surface area contributed by atoms with Crippen LogP contribution < -0.4 is 10.6 Å². The topological polar surface area (TPSA) is 143 Å². The molecule has 2 amide bonds. The number of amides is 2. The molecule has 5 aromatic rings. The van der Waals surface area contributed by atoms with E-state index in [1.165, 1.54) is 30.3 Å². The minimum absolute atomic E-state index is 0.162. The van der Waals surface area contributed by atoms with Crippen molar-refractivity contribution in [1.82, 2.24) is 40.4 Å². The molecular formula is C37H37ClFN9O3. The molecule has 0 radical (unpaired) electrons. The first kappa shape index (κ1) is 34.1. The fraction of sp³-hybridized carbons (Fsp3) is 0.297. The van der Waals surface area contributed by atoms with Crippen LogP contribution in [0, 0.1) is 17.7 Å². The Morgan fingerprint density at radius 3 is 2.55 bits per heavy atom. The molecule has 2 aromatic heterocycles. The summed E-state index contributed by atoms with van der Waals surface area (Å²) in [6.45, 7) is 2.41. The number of imidazole rings is 1. The van der Waals surface area contributed by atoms with E-state index in [0.29, 0.717) is 40.2 Å². The van der Waals surface area contributed by atoms with Gasteiger partial charge in [-0.25, -0.2) is 14.2 Å². The first-order chi connectivity index (χ1) is 24.9. The second-order valence-corrected chi connectivity index (χ2v) is 13.3. The SMILES string of the molecule is COC(=O)Nc1ccc(-c2cnc(C3C(c4ccc(F)cc4)CC(C4CCNCC4)CN3C(=O)/C=C/c3cc(Cl)ccc3-n3cnnn3)[nH]2)cc1. The molecule has 3 aromatic carbocycles. The number of aromatic amines is 1. The zero-order valence-corrected chi connectivity index (χ0v) is 28.6. The van der Waals surface area contributed by atoms with Crippen molar-refractivity contribution >= 4 is 35.4 Å². The molecule has 3 atom stereocenters. The van der Waals surface area contributed by atoms with Crippen LogP contribution >= 0.6 is 11.6 Å². The molecule has 262 valence electrons. The average Bonchev–Trinajstić information content (AvgIpc) is 3.88. The van der Waals surface area contributed by atoms with Gasteiger partial charge in [-0.15, -0.1) is 5.10 Å². The minimum atomic E-state index is -0.556. The smallest absolute Gasteiger partial charge is 0.411 e. The molecule has 2 aliphatic heterocycles. The van der Waals surface area contributed by atoms with Gasteiger partial charge < -0.3 is 19.9 Å². The van der Waals surface area contributed by atoms with Crippen LogP contribution in [0.3, 0.4) is 0 Å². The molecule has 3 unspecified atom stereocenters. The Morgan fingerprint density at radius 1 is 1.04 bits per heavy atom. The second-order valence-electron chi connectivity index (χ2n) is 12.8. The number of methoxy groups -OCH3 is 1. The van der Waals surface area contributed by atoms with Crippen molar-refractivity contribution < 1.29 is 18.7 Å². The summed E-state index contributed by atoms with van der Waals surface area (Å²) in [5.41, 5.74) is 4.47. The molecule has 4 heterocycles. The molecule has 0 aliphatic carbocycles. The Hall–Kier alpha value is -5.40. The largest absolute Gasteiger partial charge is 0.453 e. The van der Waals surface area contributed by atoms with Gasteiger partial charge in [0.25, 0.3) is 0 Å². The van der Waals surface area contributed by atoms with E-state index in [0.717, 1.165) is 49.2 Å². The Balaban J connectivity index is 1.27. The molecule has 12 nitrogen and oxygen atoms in total. The number of piperidine rings is 2. The number of likely N-dealkylation sites (tertiary alicyclic amines) is 1. The van der Waals surface area contributed by atoms with Crippen molar-refractivity contribution in [2.24, 2.45) is 11.8 Å². The molecule has 0 spiro atoms. The third-order valence-electron chi connectivity index (χ3n) is 9.83. The highest BCUT2D eigenvalue weighted by molar-refractivity contribution is 6.30. The van der Waals surface area contributed by atoms with Gasteiger partial charge in [-0.05, 0) is 114 Å². The normalized spacial score (nSPS) is 19.7. The maximum Gasteiger partial charge on any atom is 0.411 e. The van der Waals surface area contributed by atoms with E-state index in [-0.39, 0.29) is 23.6 Å². The number of carbonyl (C=O) groups excluding carboxylic acids is 2. The van der Waals surface area contributed by atoms with E-state index in [9.17, 15) is 14.0 Å². The number of hydrogen-bond acceptors (Lipinski definition) is 8. The highest BCUT2D eigenvalue weighted by atomic mass is 35.5. The predicted molar refractivity (Wildman–Crippen MR) is 191 cm³/mol. The van der Waals surface area contributed by atoms with Gasteiger partial charge in [0, 0.05) is 34.8 Å². The van der Waals surface area contributed by atoms with Crippen LogP contribution in [0.5, 0.6) is 0 Å². The highest BCUT2D eigenvalue weighted by Gasteiger charge is 2.43. The number of hydrogen-bond donors (Lipinski definition) is 3. The molecule has 0 saturated carbocycles. The second kappa shape index (κ2) is 15.2. The van der Waals surface area contributed by atoms with Crippen LogP contribution in [0.15, 0.2) is 85.3 Å². The quantitative estimate of drug-likeness (QED) is 0.157. The number of carbonyl (C=O) groups is 2. The Labute approximate surface area is 299 Å². The van der Waals surface area contributed by atoms with Gasteiger partial charge >= 0.3 is 6.09 Å². The average molecular weight is 710 g/mol. The lowest BCUT2D eigenvalue weighted by atomic mass is 9.72. The van der Waals surface area contributed by atoms with E-state index >= 15 is 0 Å². The summed E-state index contributed by atoms with van der Waals surface area (Å²) >= 11 is 6.38. The summed E-state index contributed by atoms with van der Waals surface area (Å²) in [6, 6.07) is 18.7. The Morgan fingerprint density at radius 2 is 1.82 bits per heavy atom. The Kier molecular flexibility index (Phi) is 10.2. The third-order valence-corrected chi connectivity index (χ3v) is 10.1. The highest BCUT2D eigenvalue weighted by Crippen LogP contribution is 2.47. The van der Waals surface area contributed by atoms with Gasteiger partial charge in [0.15, 0.2) is 0 Å². The zero-order valence-electron chi connectivity index (χ0n) is 27.9. The third kappa shape index (κ3) is 7.69. The van der Waals surface area contributed by atoms with Crippen LogP contribution in [0.1, 0.15) is 48.2 Å². The number of H-pyrrole nitrogens is 1. The van der Waals surface area contributed by atoms with Gasteiger partial charge in [0.05, 0.1) is 30.7 Å². The summed E-state index contributed by atoms with van der Waals surface area (Å²) in [4.78, 5) is 36.5. The fourth-order valence-corrected chi connectivity index (χ4v) is 7.48. The van der Waals surface area contributed by atoms with Gasteiger partial charge in [-0.1, -0.05) is 35.9 Å². The molecule has 51 heavy (non-hydrogen) atoms. The number of ether oxygens (including phenoxy) is 1. The monoisotopic (exact) mass is 709 g/mol. The number of halogens is 2. The van der Waals surface area contributed by atoms with Crippen molar-refractivity contribution in [3.8, 4) is 16.9 Å². The van der Waals surface area contributed by atoms with Gasteiger partial charge in [0.1, 0.15) is 18.0 Å². The maximum atomic E-state index is 14.5. The van der Waals surface area contributed by atoms with E-state index in [1.807, 2.05) is 29.2 Å². The van der Waals surface area contributed by atoms with E-state index in [2.05, 4.69) is 31.1 Å². The van der Waals surface area contributed by atoms with E-state index < -0.39 is 12.1 Å². The van der Waals surface area contributed by atoms with Crippen molar-refractivity contribution in [2.75, 3.05) is 32.1 Å². The molecule has 14 heteroatoms. The van der Waals surface area contributed by atoms with Crippen molar-refractivity contribution in [3.63, 3.8) is 0 Å². The summed E-state index contributed by atoms with van der Waals surface area (Å²) in [7, 11) is 1.31.